The Bertz CT molecular complexity index is 785. The van der Waals surface area contributed by atoms with Crippen LogP contribution < -0.4 is 0 Å². The predicted molar refractivity (Wildman–Crippen MR) is 111 cm³/mol. The molecule has 2 atom stereocenters. The van der Waals surface area contributed by atoms with Crippen molar-refractivity contribution in [3.63, 3.8) is 0 Å². The van der Waals surface area contributed by atoms with Crippen molar-refractivity contribution in [1.29, 1.82) is 0 Å². The Morgan fingerprint density at radius 1 is 0.929 bits per heavy atom. The molecular weight excluding hydrogens is 348 g/mol. The highest BCUT2D eigenvalue weighted by Gasteiger charge is 2.33. The van der Waals surface area contributed by atoms with Gasteiger partial charge in [-0.25, -0.2) is 0 Å². The lowest BCUT2D eigenvalue weighted by molar-refractivity contribution is -0.146. The molecule has 2 aromatic carbocycles. The lowest BCUT2D eigenvalue weighted by Crippen LogP contribution is -2.44. The molecule has 0 bridgehead atoms. The van der Waals surface area contributed by atoms with Gasteiger partial charge in [0.1, 0.15) is 0 Å². The van der Waals surface area contributed by atoms with E-state index in [0.29, 0.717) is 13.2 Å². The largest absolute Gasteiger partial charge is 0.360 e. The van der Waals surface area contributed by atoms with Crippen LogP contribution in [-0.2, 0) is 9.53 Å². The van der Waals surface area contributed by atoms with Crippen molar-refractivity contribution in [3.05, 3.63) is 83.9 Å². The van der Waals surface area contributed by atoms with Crippen LogP contribution >= 0.6 is 0 Å². The van der Waals surface area contributed by atoms with Gasteiger partial charge in [-0.1, -0.05) is 72.8 Å². The first-order valence-electron chi connectivity index (χ1n) is 10.2. The van der Waals surface area contributed by atoms with Crippen LogP contribution in [0.3, 0.4) is 0 Å². The van der Waals surface area contributed by atoms with Gasteiger partial charge in [0.25, 0.3) is 5.91 Å². The van der Waals surface area contributed by atoms with Crippen molar-refractivity contribution >= 4 is 5.91 Å². The molecule has 4 nitrogen and oxygen atoms in total. The molecule has 2 aliphatic heterocycles. The zero-order valence-corrected chi connectivity index (χ0v) is 16.2. The van der Waals surface area contributed by atoms with Gasteiger partial charge in [-0.15, -0.1) is 0 Å². The van der Waals surface area contributed by atoms with Gasteiger partial charge in [0.2, 0.25) is 0 Å². The molecule has 0 unspecified atom stereocenters. The van der Waals surface area contributed by atoms with Crippen molar-refractivity contribution in [1.82, 2.24) is 9.80 Å². The summed E-state index contributed by atoms with van der Waals surface area (Å²) in [4.78, 5) is 18.1. The molecule has 4 rings (SSSR count). The van der Waals surface area contributed by atoms with Gasteiger partial charge in [-0.05, 0) is 37.1 Å². The molecule has 0 N–H and O–H groups in total. The van der Waals surface area contributed by atoms with E-state index in [2.05, 4.69) is 35.2 Å². The second-order valence-corrected chi connectivity index (χ2v) is 7.52. The number of amides is 1. The van der Waals surface area contributed by atoms with Crippen LogP contribution in [0, 0.1) is 0 Å². The third-order valence-electron chi connectivity index (χ3n) is 5.63. The number of carbonyl (C=O) groups is 1. The highest BCUT2D eigenvalue weighted by molar-refractivity contribution is 5.83. The van der Waals surface area contributed by atoms with Gasteiger partial charge >= 0.3 is 0 Å². The lowest BCUT2D eigenvalue weighted by Gasteiger charge is -2.37. The predicted octanol–water partition coefficient (Wildman–Crippen LogP) is 3.98. The minimum absolute atomic E-state index is 0.0179. The van der Waals surface area contributed by atoms with Crippen molar-refractivity contribution in [3.8, 4) is 0 Å². The van der Waals surface area contributed by atoms with E-state index in [0.717, 1.165) is 25.2 Å². The number of hydrogen-bond donors (Lipinski definition) is 0. The van der Waals surface area contributed by atoms with Crippen molar-refractivity contribution in [2.45, 2.75) is 25.0 Å². The zero-order chi connectivity index (χ0) is 19.2. The maximum atomic E-state index is 13.6. The summed E-state index contributed by atoms with van der Waals surface area (Å²) in [6, 6.07) is 20.3. The average Bonchev–Trinajstić information content (AvgIpc) is 3.25. The molecule has 1 fully saturated rings. The molecule has 0 aromatic heterocycles. The van der Waals surface area contributed by atoms with Crippen LogP contribution in [0.2, 0.25) is 0 Å². The third-order valence-corrected chi connectivity index (χ3v) is 5.63. The number of ether oxygens (including phenoxy) is 1. The molecule has 0 spiro atoms. The lowest BCUT2D eigenvalue weighted by atomic mass is 10.0. The molecule has 1 amide bonds. The highest BCUT2D eigenvalue weighted by atomic mass is 16.5. The van der Waals surface area contributed by atoms with Crippen LogP contribution in [0.5, 0.6) is 0 Å². The van der Waals surface area contributed by atoms with Crippen molar-refractivity contribution in [2.75, 3.05) is 32.8 Å². The molecule has 2 heterocycles. The number of benzene rings is 2. The van der Waals surface area contributed by atoms with E-state index in [1.807, 2.05) is 47.4 Å². The van der Waals surface area contributed by atoms with Crippen LogP contribution in [0.1, 0.15) is 36.1 Å². The van der Waals surface area contributed by atoms with Gasteiger partial charge in [-0.3, -0.25) is 4.79 Å². The first-order valence-corrected chi connectivity index (χ1v) is 10.2. The van der Waals surface area contributed by atoms with Gasteiger partial charge in [0.05, 0.1) is 12.6 Å². The quantitative estimate of drug-likeness (QED) is 0.740. The molecule has 1 saturated heterocycles. The SMILES string of the molecule is O=C1[C@@H](c2ccccc2)OCC=CCN1[C@H](CN1CCCC1)c1ccccc1. The first kappa shape index (κ1) is 18.9. The Balaban J connectivity index is 1.66. The Kier molecular flexibility index (Phi) is 6.20. The van der Waals surface area contributed by atoms with Crippen LogP contribution in [-0.4, -0.2) is 48.5 Å². The standard InChI is InChI=1S/C24H28N2O2/c27-24-23(21-13-5-2-6-14-21)28-18-10-9-17-26(24)22(19-25-15-7-8-16-25)20-11-3-1-4-12-20/h1-6,9-14,22-23H,7-8,15-19H2/t22-,23-/m1/s1. The molecule has 2 aliphatic rings. The van der Waals surface area contributed by atoms with E-state index in [1.165, 1.54) is 18.4 Å². The average molecular weight is 377 g/mol. The second-order valence-electron chi connectivity index (χ2n) is 7.52. The minimum atomic E-state index is -0.559. The Labute approximate surface area is 167 Å². The number of nitrogens with zero attached hydrogens (tertiary/aromatic N) is 2. The van der Waals surface area contributed by atoms with Gasteiger partial charge in [0, 0.05) is 13.1 Å². The normalized spacial score (nSPS) is 22.1. The summed E-state index contributed by atoms with van der Waals surface area (Å²) in [5.74, 6) is 0.0450. The summed E-state index contributed by atoms with van der Waals surface area (Å²) in [6.45, 7) is 4.16. The Hall–Kier alpha value is -2.43. The second kappa shape index (κ2) is 9.18. The number of hydrogen-bond acceptors (Lipinski definition) is 3. The van der Waals surface area contributed by atoms with Crippen LogP contribution in [0.4, 0.5) is 0 Å². The summed E-state index contributed by atoms with van der Waals surface area (Å²) in [5, 5.41) is 0. The first-order chi connectivity index (χ1) is 13.8. The van der Waals surface area contributed by atoms with Crippen molar-refractivity contribution in [2.24, 2.45) is 0 Å². The zero-order valence-electron chi connectivity index (χ0n) is 16.2. The van der Waals surface area contributed by atoms with E-state index < -0.39 is 6.10 Å². The topological polar surface area (TPSA) is 32.8 Å². The Morgan fingerprint density at radius 3 is 2.32 bits per heavy atom. The molecule has 0 radical (unpaired) electrons. The summed E-state index contributed by atoms with van der Waals surface area (Å²) < 4.78 is 5.98. The van der Waals surface area contributed by atoms with Crippen LogP contribution in [0.15, 0.2) is 72.8 Å². The fourth-order valence-corrected chi connectivity index (χ4v) is 4.14. The maximum absolute atomic E-state index is 13.6. The van der Waals surface area contributed by atoms with Gasteiger partial charge < -0.3 is 14.5 Å². The molecule has 2 aromatic rings. The third kappa shape index (κ3) is 4.34. The van der Waals surface area contributed by atoms with E-state index in [-0.39, 0.29) is 11.9 Å². The molecule has 0 aliphatic carbocycles. The summed E-state index contributed by atoms with van der Waals surface area (Å²) in [5.41, 5.74) is 2.10. The fraction of sp³-hybridized carbons (Fsp3) is 0.375. The summed E-state index contributed by atoms with van der Waals surface area (Å²) in [7, 11) is 0. The molecule has 28 heavy (non-hydrogen) atoms. The maximum Gasteiger partial charge on any atom is 0.257 e. The summed E-state index contributed by atoms with van der Waals surface area (Å²) in [6.07, 6.45) is 6.00. The summed E-state index contributed by atoms with van der Waals surface area (Å²) >= 11 is 0. The molecule has 0 saturated carbocycles. The Morgan fingerprint density at radius 2 is 1.61 bits per heavy atom. The van der Waals surface area contributed by atoms with E-state index >= 15 is 0 Å². The van der Waals surface area contributed by atoms with E-state index in [9.17, 15) is 4.79 Å². The van der Waals surface area contributed by atoms with E-state index in [4.69, 9.17) is 4.74 Å². The monoisotopic (exact) mass is 376 g/mol. The van der Waals surface area contributed by atoms with E-state index in [1.54, 1.807) is 0 Å². The van der Waals surface area contributed by atoms with Gasteiger partial charge in [-0.2, -0.15) is 0 Å². The number of rotatable bonds is 5. The smallest absolute Gasteiger partial charge is 0.257 e. The number of likely N-dealkylation sites (tertiary alicyclic amines) is 1. The highest BCUT2D eigenvalue weighted by Crippen LogP contribution is 2.29. The minimum Gasteiger partial charge on any atom is -0.360 e. The fourth-order valence-electron chi connectivity index (χ4n) is 4.14. The van der Waals surface area contributed by atoms with Crippen LogP contribution in [0.25, 0.3) is 0 Å². The number of carbonyl (C=O) groups excluding carboxylic acids is 1. The van der Waals surface area contributed by atoms with Crippen molar-refractivity contribution < 1.29 is 9.53 Å². The molecular formula is C24H28N2O2. The molecule has 4 heteroatoms. The molecule has 146 valence electrons. The van der Waals surface area contributed by atoms with Gasteiger partial charge in [0.15, 0.2) is 6.10 Å².